The van der Waals surface area contributed by atoms with Gasteiger partial charge in [0.2, 0.25) is 0 Å². The van der Waals surface area contributed by atoms with Gasteiger partial charge in [-0.15, -0.1) is 0 Å². The topological polar surface area (TPSA) is 64.6 Å². The predicted molar refractivity (Wildman–Crippen MR) is 110 cm³/mol. The Hall–Kier alpha value is -2.37. The lowest BCUT2D eigenvalue weighted by Gasteiger charge is -2.33. The fraction of sp³-hybridized carbons (Fsp3) is 0.435. The van der Waals surface area contributed by atoms with Gasteiger partial charge in [0.1, 0.15) is 0 Å². The third kappa shape index (κ3) is 4.21. The van der Waals surface area contributed by atoms with Crippen LogP contribution in [0.15, 0.2) is 48.5 Å². The molecule has 0 aromatic heterocycles. The molecule has 0 saturated carbocycles. The second kappa shape index (κ2) is 8.33. The number of rotatable bonds is 4. The van der Waals surface area contributed by atoms with Crippen LogP contribution in [0, 0.1) is 6.92 Å². The molecule has 0 spiro atoms. The molecule has 1 heterocycles. The number of amides is 2. The Bertz CT molecular complexity index is 830. The average Bonchev–Trinajstić information content (AvgIpc) is 3.00. The lowest BCUT2D eigenvalue weighted by atomic mass is 10.0. The Morgan fingerprint density at radius 2 is 1.79 bits per heavy atom. The van der Waals surface area contributed by atoms with Crippen LogP contribution in [-0.2, 0) is 13.0 Å². The molecule has 5 nitrogen and oxygen atoms in total. The minimum atomic E-state index is -0.556. The van der Waals surface area contributed by atoms with E-state index in [4.69, 9.17) is 0 Å². The number of urea groups is 1. The highest BCUT2D eigenvalue weighted by Crippen LogP contribution is 2.31. The highest BCUT2D eigenvalue weighted by atomic mass is 16.3. The van der Waals surface area contributed by atoms with Crippen LogP contribution < -0.4 is 10.6 Å². The van der Waals surface area contributed by atoms with Gasteiger partial charge in [0.15, 0.2) is 0 Å². The van der Waals surface area contributed by atoms with Crippen LogP contribution in [0.4, 0.5) is 4.79 Å². The molecule has 2 amide bonds. The summed E-state index contributed by atoms with van der Waals surface area (Å²) in [5.74, 6) is 0. The number of aliphatic hydroxyl groups is 1. The smallest absolute Gasteiger partial charge is 0.315 e. The maximum absolute atomic E-state index is 12.5. The van der Waals surface area contributed by atoms with Crippen molar-refractivity contribution in [1.82, 2.24) is 15.5 Å². The Morgan fingerprint density at radius 1 is 1.07 bits per heavy atom. The summed E-state index contributed by atoms with van der Waals surface area (Å²) >= 11 is 0. The van der Waals surface area contributed by atoms with Crippen molar-refractivity contribution in [3.05, 3.63) is 70.8 Å². The van der Waals surface area contributed by atoms with Crippen LogP contribution in [0.2, 0.25) is 0 Å². The monoisotopic (exact) mass is 379 g/mol. The first-order valence-electron chi connectivity index (χ1n) is 10.2. The number of benzene rings is 2. The number of aliphatic hydroxyl groups excluding tert-OH is 1. The molecule has 1 aliphatic carbocycles. The summed E-state index contributed by atoms with van der Waals surface area (Å²) in [5.41, 5.74) is 4.85. The van der Waals surface area contributed by atoms with Crippen LogP contribution >= 0.6 is 0 Å². The van der Waals surface area contributed by atoms with Crippen LogP contribution in [0.25, 0.3) is 0 Å². The zero-order valence-electron chi connectivity index (χ0n) is 16.4. The molecule has 2 atom stereocenters. The highest BCUT2D eigenvalue weighted by molar-refractivity contribution is 5.75. The number of piperidine rings is 1. The third-order valence-electron chi connectivity index (χ3n) is 6.07. The van der Waals surface area contributed by atoms with Crippen molar-refractivity contribution in [1.29, 1.82) is 0 Å². The zero-order valence-corrected chi connectivity index (χ0v) is 16.4. The summed E-state index contributed by atoms with van der Waals surface area (Å²) < 4.78 is 0. The van der Waals surface area contributed by atoms with Gasteiger partial charge >= 0.3 is 6.03 Å². The first-order chi connectivity index (χ1) is 13.6. The maximum atomic E-state index is 12.5. The summed E-state index contributed by atoms with van der Waals surface area (Å²) in [4.78, 5) is 14.9. The third-order valence-corrected chi connectivity index (χ3v) is 6.07. The van der Waals surface area contributed by atoms with Gasteiger partial charge in [0.05, 0.1) is 12.1 Å². The molecule has 3 N–H and O–H groups in total. The molecule has 2 aliphatic rings. The summed E-state index contributed by atoms with van der Waals surface area (Å²) in [6.45, 7) is 5.09. The number of carbonyl (C=O) groups is 1. The molecule has 28 heavy (non-hydrogen) atoms. The molecular weight excluding hydrogens is 350 g/mol. The Morgan fingerprint density at radius 3 is 2.57 bits per heavy atom. The van der Waals surface area contributed by atoms with E-state index in [1.54, 1.807) is 0 Å². The second-order valence-corrected chi connectivity index (χ2v) is 8.04. The van der Waals surface area contributed by atoms with E-state index >= 15 is 0 Å². The van der Waals surface area contributed by atoms with Crippen LogP contribution in [-0.4, -0.2) is 41.3 Å². The molecule has 2 aromatic carbocycles. The predicted octanol–water partition coefficient (Wildman–Crippen LogP) is 2.92. The fourth-order valence-electron chi connectivity index (χ4n) is 4.38. The summed E-state index contributed by atoms with van der Waals surface area (Å²) in [7, 11) is 0. The Kier molecular flexibility index (Phi) is 5.64. The standard InChI is InChI=1S/C23H29N3O2/c1-16-6-2-3-8-18(16)15-26-12-10-19(11-13-26)24-23(28)25-22-20-9-5-4-7-17(20)14-21(22)27/h2-9,19,21-22,27H,10-15H2,1H3,(H2,24,25,28). The van der Waals surface area contributed by atoms with Gasteiger partial charge in [-0.2, -0.15) is 0 Å². The molecular formula is C23H29N3O2. The number of aryl methyl sites for hydroxylation is 1. The van der Waals surface area contributed by atoms with Crippen LogP contribution in [0.5, 0.6) is 0 Å². The number of fused-ring (bicyclic) bond motifs is 1. The van der Waals surface area contributed by atoms with Gasteiger partial charge in [-0.1, -0.05) is 48.5 Å². The quantitative estimate of drug-likeness (QED) is 0.765. The molecule has 5 heteroatoms. The second-order valence-electron chi connectivity index (χ2n) is 8.04. The number of carbonyl (C=O) groups excluding carboxylic acids is 1. The Labute approximate surface area is 166 Å². The summed E-state index contributed by atoms with van der Waals surface area (Å²) in [5, 5.41) is 16.4. The first kappa shape index (κ1) is 19.0. The molecule has 148 valence electrons. The minimum absolute atomic E-state index is 0.182. The van der Waals surface area contributed by atoms with Crippen LogP contribution in [0.1, 0.15) is 41.1 Å². The Balaban J connectivity index is 1.26. The molecule has 1 aliphatic heterocycles. The molecule has 0 radical (unpaired) electrons. The SMILES string of the molecule is Cc1ccccc1CN1CCC(NC(=O)NC2c3ccccc3CC2O)CC1. The number of hydrogen-bond donors (Lipinski definition) is 3. The maximum Gasteiger partial charge on any atom is 0.315 e. The molecule has 2 unspecified atom stereocenters. The van der Waals surface area contributed by atoms with Crippen molar-refractivity contribution in [3.8, 4) is 0 Å². The lowest BCUT2D eigenvalue weighted by molar-refractivity contribution is 0.140. The summed E-state index contributed by atoms with van der Waals surface area (Å²) in [6, 6.07) is 16.1. The molecule has 2 aromatic rings. The van der Waals surface area contributed by atoms with E-state index in [-0.39, 0.29) is 18.1 Å². The van der Waals surface area contributed by atoms with E-state index in [2.05, 4.69) is 46.7 Å². The largest absolute Gasteiger partial charge is 0.390 e. The molecule has 1 saturated heterocycles. The number of nitrogens with zero attached hydrogens (tertiary/aromatic N) is 1. The van der Waals surface area contributed by atoms with Crippen LogP contribution in [0.3, 0.4) is 0 Å². The first-order valence-corrected chi connectivity index (χ1v) is 10.2. The fourth-order valence-corrected chi connectivity index (χ4v) is 4.38. The van der Waals surface area contributed by atoms with E-state index < -0.39 is 6.10 Å². The van der Waals surface area contributed by atoms with E-state index in [0.717, 1.165) is 43.6 Å². The van der Waals surface area contributed by atoms with Crippen molar-refractivity contribution in [3.63, 3.8) is 0 Å². The van der Waals surface area contributed by atoms with Gasteiger partial charge in [-0.3, -0.25) is 4.90 Å². The average molecular weight is 380 g/mol. The van der Waals surface area contributed by atoms with Gasteiger partial charge in [-0.25, -0.2) is 4.79 Å². The van der Waals surface area contributed by atoms with Crippen molar-refractivity contribution in [2.75, 3.05) is 13.1 Å². The van der Waals surface area contributed by atoms with Crippen molar-refractivity contribution in [2.45, 2.75) is 50.9 Å². The molecule has 0 bridgehead atoms. The molecule has 1 fully saturated rings. The van der Waals surface area contributed by atoms with Crippen molar-refractivity contribution in [2.24, 2.45) is 0 Å². The molecule has 4 rings (SSSR count). The van der Waals surface area contributed by atoms with Gasteiger partial charge in [-0.05, 0) is 42.0 Å². The normalized spacial score (nSPS) is 22.6. The van der Waals surface area contributed by atoms with Gasteiger partial charge in [0, 0.05) is 32.1 Å². The van der Waals surface area contributed by atoms with Gasteiger partial charge < -0.3 is 15.7 Å². The zero-order chi connectivity index (χ0) is 19.5. The van der Waals surface area contributed by atoms with E-state index in [9.17, 15) is 9.90 Å². The minimum Gasteiger partial charge on any atom is -0.390 e. The number of hydrogen-bond acceptors (Lipinski definition) is 3. The van der Waals surface area contributed by atoms with Crippen molar-refractivity contribution >= 4 is 6.03 Å². The van der Waals surface area contributed by atoms with E-state index in [0.29, 0.717) is 6.42 Å². The lowest BCUT2D eigenvalue weighted by Crippen LogP contribution is -2.49. The highest BCUT2D eigenvalue weighted by Gasteiger charge is 2.32. The number of nitrogens with one attached hydrogen (secondary N) is 2. The van der Waals surface area contributed by atoms with E-state index in [1.807, 2.05) is 24.3 Å². The van der Waals surface area contributed by atoms with Crippen molar-refractivity contribution < 1.29 is 9.90 Å². The van der Waals surface area contributed by atoms with Gasteiger partial charge in [0.25, 0.3) is 0 Å². The summed E-state index contributed by atoms with van der Waals surface area (Å²) in [6.07, 6.45) is 1.93. The number of likely N-dealkylation sites (tertiary alicyclic amines) is 1. The van der Waals surface area contributed by atoms with E-state index in [1.165, 1.54) is 11.1 Å².